The van der Waals surface area contributed by atoms with Crippen LogP contribution in [0.5, 0.6) is 0 Å². The molecule has 148 valence electrons. The molecule has 3 rings (SSSR count). The molecular formula is C19H8F6N2O2. The minimum atomic E-state index is -5.01. The number of Topliss-reactive ketones (excluding diaryl/α,β-unsaturated/α-hetero) is 2. The van der Waals surface area contributed by atoms with Crippen molar-refractivity contribution < 1.29 is 35.9 Å². The summed E-state index contributed by atoms with van der Waals surface area (Å²) < 4.78 is 81.9. The van der Waals surface area contributed by atoms with Gasteiger partial charge in [0, 0.05) is 29.8 Å². The van der Waals surface area contributed by atoms with Crippen LogP contribution in [0.3, 0.4) is 0 Å². The van der Waals surface area contributed by atoms with Crippen LogP contribution in [-0.2, 0) is 12.6 Å². The maximum atomic E-state index is 14.1. The Labute approximate surface area is 159 Å². The van der Waals surface area contributed by atoms with Crippen molar-refractivity contribution in [1.29, 1.82) is 5.26 Å². The maximum absolute atomic E-state index is 14.1. The zero-order valence-electron chi connectivity index (χ0n) is 14.4. The number of allylic oxidation sites excluding steroid dienone is 2. The highest BCUT2D eigenvalue weighted by Gasteiger charge is 2.40. The zero-order valence-corrected chi connectivity index (χ0v) is 14.4. The molecule has 4 nitrogen and oxygen atoms in total. The second kappa shape index (κ2) is 6.84. The van der Waals surface area contributed by atoms with Crippen molar-refractivity contribution in [3.63, 3.8) is 0 Å². The minimum Gasteiger partial charge on any atom is -0.289 e. The van der Waals surface area contributed by atoms with Crippen molar-refractivity contribution >= 4 is 11.6 Å². The Morgan fingerprint density at radius 2 is 1.72 bits per heavy atom. The van der Waals surface area contributed by atoms with Gasteiger partial charge in [-0.25, -0.2) is 18.2 Å². The van der Waals surface area contributed by atoms with Crippen LogP contribution in [0.4, 0.5) is 26.3 Å². The lowest BCUT2D eigenvalue weighted by Crippen LogP contribution is -2.26. The first-order chi connectivity index (χ1) is 13.5. The first kappa shape index (κ1) is 20.3. The number of pyridine rings is 1. The van der Waals surface area contributed by atoms with E-state index in [4.69, 9.17) is 5.26 Å². The molecule has 0 radical (unpaired) electrons. The molecular weight excluding hydrogens is 402 g/mol. The molecule has 1 aliphatic rings. The van der Waals surface area contributed by atoms with E-state index in [1.807, 2.05) is 0 Å². The van der Waals surface area contributed by atoms with E-state index in [1.165, 1.54) is 6.07 Å². The number of aromatic nitrogens is 1. The van der Waals surface area contributed by atoms with Gasteiger partial charge in [0.05, 0.1) is 16.7 Å². The molecule has 0 amide bonds. The molecule has 0 spiro atoms. The molecule has 1 aromatic heterocycles. The lowest BCUT2D eigenvalue weighted by atomic mass is 9.81. The van der Waals surface area contributed by atoms with Gasteiger partial charge in [-0.3, -0.25) is 9.59 Å². The number of fused-ring (bicyclic) bond motifs is 1. The van der Waals surface area contributed by atoms with Crippen LogP contribution < -0.4 is 0 Å². The van der Waals surface area contributed by atoms with Crippen LogP contribution in [0.15, 0.2) is 29.5 Å². The fourth-order valence-electron chi connectivity index (χ4n) is 3.13. The Morgan fingerprint density at radius 1 is 1.07 bits per heavy atom. The molecule has 0 aliphatic heterocycles. The van der Waals surface area contributed by atoms with E-state index in [0.717, 1.165) is 19.2 Å². The minimum absolute atomic E-state index is 0.113. The van der Waals surface area contributed by atoms with E-state index in [2.05, 4.69) is 4.98 Å². The summed E-state index contributed by atoms with van der Waals surface area (Å²) in [5.74, 6) is -7.39. The summed E-state index contributed by atoms with van der Waals surface area (Å²) in [6.07, 6.45) is -4.92. The summed E-state index contributed by atoms with van der Waals surface area (Å²) in [5, 5.41) is 8.91. The topological polar surface area (TPSA) is 70.8 Å². The third kappa shape index (κ3) is 3.18. The second-order valence-electron chi connectivity index (χ2n) is 6.15. The van der Waals surface area contributed by atoms with Gasteiger partial charge < -0.3 is 0 Å². The first-order valence-electron chi connectivity index (χ1n) is 7.90. The van der Waals surface area contributed by atoms with Gasteiger partial charge in [0.1, 0.15) is 11.9 Å². The number of nitrogens with zero attached hydrogens (tertiary/aromatic N) is 2. The van der Waals surface area contributed by atoms with Crippen molar-refractivity contribution in [1.82, 2.24) is 4.98 Å². The fraction of sp³-hybridized carbons (Fsp3) is 0.158. The zero-order chi connectivity index (χ0) is 21.7. The van der Waals surface area contributed by atoms with Gasteiger partial charge >= 0.3 is 6.18 Å². The summed E-state index contributed by atoms with van der Waals surface area (Å²) in [4.78, 5) is 28.4. The molecule has 10 heteroatoms. The third-order valence-electron chi connectivity index (χ3n) is 4.49. The van der Waals surface area contributed by atoms with Gasteiger partial charge in [0.15, 0.2) is 28.9 Å². The summed E-state index contributed by atoms with van der Waals surface area (Å²) in [5.41, 5.74) is -6.05. The van der Waals surface area contributed by atoms with Crippen molar-refractivity contribution in [3.8, 4) is 6.07 Å². The number of hydrogen-bond donors (Lipinski definition) is 0. The monoisotopic (exact) mass is 410 g/mol. The molecule has 1 aromatic carbocycles. The van der Waals surface area contributed by atoms with E-state index < -0.39 is 80.7 Å². The number of nitriles is 1. The summed E-state index contributed by atoms with van der Waals surface area (Å²) in [6.45, 7) is 1.07. The van der Waals surface area contributed by atoms with Crippen molar-refractivity contribution in [2.24, 2.45) is 0 Å². The molecule has 0 N–H and O–H groups in total. The van der Waals surface area contributed by atoms with Crippen molar-refractivity contribution in [2.75, 3.05) is 0 Å². The number of carbonyl (C=O) groups is 2. The smallest absolute Gasteiger partial charge is 0.289 e. The van der Waals surface area contributed by atoms with Gasteiger partial charge in [-0.15, -0.1) is 0 Å². The molecule has 1 aliphatic carbocycles. The Morgan fingerprint density at radius 3 is 2.31 bits per heavy atom. The standard InChI is InChI=1S/C19H8F6N2O2/c1-7-9(4-8-2-3-27-12(6-26)15(8)19(23,24)25)18(29)14-13(17(7)28)10(20)5-11(21)16(14)22/h2-3,5H,4H2,1H3. The van der Waals surface area contributed by atoms with E-state index in [9.17, 15) is 35.9 Å². The van der Waals surface area contributed by atoms with Gasteiger partial charge in [-0.2, -0.15) is 18.4 Å². The van der Waals surface area contributed by atoms with Crippen molar-refractivity contribution in [3.05, 3.63) is 74.9 Å². The number of rotatable bonds is 2. The molecule has 0 atom stereocenters. The predicted octanol–water partition coefficient (Wildman–Crippen LogP) is 4.33. The molecule has 0 fully saturated rings. The van der Waals surface area contributed by atoms with E-state index in [1.54, 1.807) is 0 Å². The Bertz CT molecular complexity index is 1160. The van der Waals surface area contributed by atoms with Gasteiger partial charge in [-0.1, -0.05) is 0 Å². The number of halogens is 6. The number of alkyl halides is 3. The van der Waals surface area contributed by atoms with Gasteiger partial charge in [0.25, 0.3) is 0 Å². The first-order valence-corrected chi connectivity index (χ1v) is 7.90. The Kier molecular flexibility index (Phi) is 4.78. The lowest BCUT2D eigenvalue weighted by molar-refractivity contribution is -0.138. The van der Waals surface area contributed by atoms with Crippen LogP contribution in [-0.4, -0.2) is 16.6 Å². The fourth-order valence-corrected chi connectivity index (χ4v) is 3.13. The summed E-state index contributed by atoms with van der Waals surface area (Å²) in [6, 6.07) is 2.29. The average molecular weight is 410 g/mol. The molecule has 0 bridgehead atoms. The molecule has 1 heterocycles. The molecule has 2 aromatic rings. The Hall–Kier alpha value is -3.48. The highest BCUT2D eigenvalue weighted by molar-refractivity contribution is 6.27. The molecule has 0 saturated heterocycles. The maximum Gasteiger partial charge on any atom is 0.419 e. The quantitative estimate of drug-likeness (QED) is 0.546. The van der Waals surface area contributed by atoms with Crippen LogP contribution in [0.2, 0.25) is 0 Å². The molecule has 29 heavy (non-hydrogen) atoms. The molecule has 0 saturated carbocycles. The van der Waals surface area contributed by atoms with Crippen LogP contribution >= 0.6 is 0 Å². The second-order valence-corrected chi connectivity index (χ2v) is 6.15. The number of hydrogen-bond acceptors (Lipinski definition) is 4. The normalized spacial score (nSPS) is 14.1. The predicted molar refractivity (Wildman–Crippen MR) is 85.3 cm³/mol. The van der Waals surface area contributed by atoms with E-state index in [-0.39, 0.29) is 6.07 Å². The molecule has 0 unspecified atom stereocenters. The third-order valence-corrected chi connectivity index (χ3v) is 4.49. The average Bonchev–Trinajstić information content (AvgIpc) is 2.65. The Balaban J connectivity index is 2.21. The highest BCUT2D eigenvalue weighted by Crippen LogP contribution is 2.37. The largest absolute Gasteiger partial charge is 0.419 e. The van der Waals surface area contributed by atoms with Crippen LogP contribution in [0.25, 0.3) is 0 Å². The van der Waals surface area contributed by atoms with Crippen LogP contribution in [0.1, 0.15) is 44.5 Å². The van der Waals surface area contributed by atoms with E-state index >= 15 is 0 Å². The summed E-state index contributed by atoms with van der Waals surface area (Å²) in [7, 11) is 0. The SMILES string of the molecule is CC1=C(Cc2ccnc(C#N)c2C(F)(F)F)C(=O)c2c(F)c(F)cc(F)c2C1=O. The highest BCUT2D eigenvalue weighted by atomic mass is 19.4. The number of benzene rings is 1. The van der Waals surface area contributed by atoms with Gasteiger partial charge in [0.2, 0.25) is 0 Å². The lowest BCUT2D eigenvalue weighted by Gasteiger charge is -2.21. The summed E-state index contributed by atoms with van der Waals surface area (Å²) >= 11 is 0. The van der Waals surface area contributed by atoms with E-state index in [0.29, 0.717) is 0 Å². The van der Waals surface area contributed by atoms with Crippen LogP contribution in [0, 0.1) is 28.8 Å². The van der Waals surface area contributed by atoms with Crippen molar-refractivity contribution in [2.45, 2.75) is 19.5 Å². The number of ketones is 2. The number of carbonyl (C=O) groups excluding carboxylic acids is 2. The van der Waals surface area contributed by atoms with Gasteiger partial charge in [-0.05, 0) is 18.6 Å².